The van der Waals surface area contributed by atoms with E-state index in [2.05, 4.69) is 4.98 Å². The molecule has 0 aliphatic rings. The van der Waals surface area contributed by atoms with Crippen LogP contribution < -0.4 is 9.47 Å². The third-order valence-electron chi connectivity index (χ3n) is 3.32. The van der Waals surface area contributed by atoms with Crippen molar-refractivity contribution < 1.29 is 32.5 Å². The van der Waals surface area contributed by atoms with Crippen molar-refractivity contribution in [3.63, 3.8) is 0 Å². The van der Waals surface area contributed by atoms with Crippen molar-refractivity contribution >= 4 is 5.97 Å². The van der Waals surface area contributed by atoms with Crippen molar-refractivity contribution in [2.75, 3.05) is 7.11 Å². The number of nitriles is 1. The average molecular weight is 352 g/mol. The Balaban J connectivity index is 2.56. The highest BCUT2D eigenvalue weighted by molar-refractivity contribution is 5.92. The van der Waals surface area contributed by atoms with Crippen LogP contribution in [0.15, 0.2) is 24.4 Å². The molecule has 1 N–H and O–H groups in total. The van der Waals surface area contributed by atoms with Gasteiger partial charge >= 0.3 is 12.1 Å². The molecule has 1 aromatic carbocycles. The van der Waals surface area contributed by atoms with Crippen LogP contribution in [0.4, 0.5) is 13.2 Å². The second-order valence-electron chi connectivity index (χ2n) is 4.86. The molecule has 1 aromatic heterocycles. The number of rotatable bonds is 4. The molecule has 9 heteroatoms. The minimum Gasteiger partial charge on any atom is -0.493 e. The molecule has 25 heavy (non-hydrogen) atoms. The molecule has 0 saturated heterocycles. The number of methoxy groups -OCH3 is 1. The Hall–Kier alpha value is -3.28. The Bertz CT molecular complexity index is 873. The fourth-order valence-corrected chi connectivity index (χ4v) is 2.12. The molecule has 0 spiro atoms. The van der Waals surface area contributed by atoms with E-state index in [1.807, 2.05) is 6.07 Å². The van der Waals surface area contributed by atoms with E-state index >= 15 is 0 Å². The molecular formula is C16H11F3N2O4. The zero-order chi connectivity index (χ0) is 18.8. The number of nitrogens with zero attached hydrogens (tertiary/aromatic N) is 2. The van der Waals surface area contributed by atoms with Gasteiger partial charge in [0.2, 0.25) is 5.88 Å². The van der Waals surface area contributed by atoms with Gasteiger partial charge in [0.15, 0.2) is 11.5 Å². The molecule has 0 unspecified atom stereocenters. The first-order chi connectivity index (χ1) is 11.7. The normalized spacial score (nSPS) is 10.9. The minimum absolute atomic E-state index is 0.00987. The molecule has 2 rings (SSSR count). The number of ether oxygens (including phenoxy) is 2. The van der Waals surface area contributed by atoms with Gasteiger partial charge in [-0.1, -0.05) is 0 Å². The summed E-state index contributed by atoms with van der Waals surface area (Å²) in [5, 5.41) is 18.1. The summed E-state index contributed by atoms with van der Waals surface area (Å²) < 4.78 is 49.2. The van der Waals surface area contributed by atoms with E-state index < -0.39 is 34.7 Å². The lowest BCUT2D eigenvalue weighted by molar-refractivity contribution is -0.138. The largest absolute Gasteiger partial charge is 0.493 e. The van der Waals surface area contributed by atoms with Crippen LogP contribution >= 0.6 is 0 Å². The zero-order valence-corrected chi connectivity index (χ0v) is 13.0. The third kappa shape index (κ3) is 3.63. The smallest absolute Gasteiger partial charge is 0.418 e. The number of aromatic carboxylic acids is 1. The predicted octanol–water partition coefficient (Wildman–Crippen LogP) is 3.78. The van der Waals surface area contributed by atoms with Gasteiger partial charge in [0.1, 0.15) is 5.56 Å². The van der Waals surface area contributed by atoms with Crippen LogP contribution in [0.2, 0.25) is 0 Å². The maximum atomic E-state index is 12.9. The first-order valence-corrected chi connectivity index (χ1v) is 6.75. The number of benzene rings is 1. The van der Waals surface area contributed by atoms with Gasteiger partial charge < -0.3 is 14.6 Å². The number of aromatic nitrogens is 1. The first kappa shape index (κ1) is 18.1. The number of alkyl halides is 3. The Labute approximate surface area is 140 Å². The molecule has 0 bridgehead atoms. The van der Waals surface area contributed by atoms with Gasteiger partial charge in [-0.2, -0.15) is 18.4 Å². The molecule has 0 aliphatic carbocycles. The molecule has 0 radical (unpaired) electrons. The second-order valence-corrected chi connectivity index (χ2v) is 4.86. The number of hydrogen-bond donors (Lipinski definition) is 1. The maximum Gasteiger partial charge on any atom is 0.418 e. The summed E-state index contributed by atoms with van der Waals surface area (Å²) in [6.45, 7) is 1.02. The van der Waals surface area contributed by atoms with Crippen molar-refractivity contribution in [1.82, 2.24) is 4.98 Å². The summed E-state index contributed by atoms with van der Waals surface area (Å²) in [7, 11) is 1.30. The van der Waals surface area contributed by atoms with Crippen LogP contribution in [0.3, 0.4) is 0 Å². The fraction of sp³-hybridized carbons (Fsp3) is 0.188. The Kier molecular flexibility index (Phi) is 4.83. The summed E-state index contributed by atoms with van der Waals surface area (Å²) in [6, 6.07) is 5.94. The van der Waals surface area contributed by atoms with Crippen molar-refractivity contribution in [3.8, 4) is 23.4 Å². The third-order valence-corrected chi connectivity index (χ3v) is 3.32. The minimum atomic E-state index is -4.74. The van der Waals surface area contributed by atoms with Gasteiger partial charge in [0.25, 0.3) is 0 Å². The molecule has 130 valence electrons. The van der Waals surface area contributed by atoms with Crippen LogP contribution in [0.5, 0.6) is 17.4 Å². The molecule has 6 nitrogen and oxygen atoms in total. The number of carbonyl (C=O) groups is 1. The Morgan fingerprint density at radius 1 is 1.32 bits per heavy atom. The van der Waals surface area contributed by atoms with E-state index in [-0.39, 0.29) is 17.1 Å². The van der Waals surface area contributed by atoms with Crippen molar-refractivity contribution in [2.45, 2.75) is 13.1 Å². The summed E-state index contributed by atoms with van der Waals surface area (Å²) in [5.41, 5.74) is -2.12. The number of hydrogen-bond acceptors (Lipinski definition) is 5. The van der Waals surface area contributed by atoms with Crippen LogP contribution in [0.1, 0.15) is 27.0 Å². The Morgan fingerprint density at radius 3 is 2.52 bits per heavy atom. The summed E-state index contributed by atoms with van der Waals surface area (Å²) in [6.07, 6.45) is -4.24. The predicted molar refractivity (Wildman–Crippen MR) is 78.7 cm³/mol. The fourth-order valence-electron chi connectivity index (χ4n) is 2.12. The summed E-state index contributed by atoms with van der Waals surface area (Å²) in [4.78, 5) is 14.9. The van der Waals surface area contributed by atoms with Gasteiger partial charge in [-0.05, 0) is 24.6 Å². The highest BCUT2D eigenvalue weighted by atomic mass is 19.4. The molecule has 0 saturated carbocycles. The number of halogens is 3. The lowest BCUT2D eigenvalue weighted by atomic mass is 10.1. The molecule has 2 aromatic rings. The van der Waals surface area contributed by atoms with E-state index in [4.69, 9.17) is 14.7 Å². The highest BCUT2D eigenvalue weighted by Gasteiger charge is 2.36. The van der Waals surface area contributed by atoms with Crippen molar-refractivity contribution in [2.24, 2.45) is 0 Å². The monoisotopic (exact) mass is 352 g/mol. The molecule has 0 amide bonds. The van der Waals surface area contributed by atoms with Gasteiger partial charge in [-0.3, -0.25) is 0 Å². The van der Waals surface area contributed by atoms with Crippen LogP contribution in [0.25, 0.3) is 0 Å². The van der Waals surface area contributed by atoms with Crippen LogP contribution in [-0.4, -0.2) is 23.2 Å². The van der Waals surface area contributed by atoms with E-state index in [0.29, 0.717) is 6.20 Å². The van der Waals surface area contributed by atoms with E-state index in [1.165, 1.54) is 25.3 Å². The quantitative estimate of drug-likeness (QED) is 0.900. The van der Waals surface area contributed by atoms with Gasteiger partial charge in [-0.15, -0.1) is 0 Å². The average Bonchev–Trinajstić information content (AvgIpc) is 2.53. The lowest BCUT2D eigenvalue weighted by Crippen LogP contribution is -2.14. The van der Waals surface area contributed by atoms with Crippen LogP contribution in [0, 0.1) is 18.3 Å². The molecular weight excluding hydrogens is 341 g/mol. The zero-order valence-electron chi connectivity index (χ0n) is 13.0. The standard InChI is InChI=1S/C16H11F3N2O4/c1-8-10(16(17,18)19)7-21-14(13(8)15(22)23)25-11-4-3-9(6-20)5-12(11)24-2/h3-5,7H,1-2H3,(H,22,23). The summed E-state index contributed by atoms with van der Waals surface area (Å²) >= 11 is 0. The first-order valence-electron chi connectivity index (χ1n) is 6.75. The van der Waals surface area contributed by atoms with E-state index in [1.54, 1.807) is 0 Å². The molecule has 0 atom stereocenters. The van der Waals surface area contributed by atoms with Crippen LogP contribution in [-0.2, 0) is 6.18 Å². The number of carboxylic acid groups (broad SMARTS) is 1. The molecule has 1 heterocycles. The Morgan fingerprint density at radius 2 is 2.00 bits per heavy atom. The van der Waals surface area contributed by atoms with Crippen molar-refractivity contribution in [3.05, 3.63) is 46.6 Å². The van der Waals surface area contributed by atoms with E-state index in [9.17, 15) is 23.1 Å². The van der Waals surface area contributed by atoms with Crippen molar-refractivity contribution in [1.29, 1.82) is 5.26 Å². The van der Waals surface area contributed by atoms with E-state index in [0.717, 1.165) is 6.92 Å². The SMILES string of the molecule is COc1cc(C#N)ccc1Oc1ncc(C(F)(F)F)c(C)c1C(=O)O. The highest BCUT2D eigenvalue weighted by Crippen LogP contribution is 2.38. The van der Waals surface area contributed by atoms with Gasteiger partial charge in [-0.25, -0.2) is 9.78 Å². The number of pyridine rings is 1. The molecule has 0 fully saturated rings. The molecule has 0 aliphatic heterocycles. The number of carboxylic acids is 1. The lowest BCUT2D eigenvalue weighted by Gasteiger charge is -2.16. The maximum absolute atomic E-state index is 12.9. The van der Waals surface area contributed by atoms with Gasteiger partial charge in [0.05, 0.1) is 24.3 Å². The second kappa shape index (κ2) is 6.68. The summed E-state index contributed by atoms with van der Waals surface area (Å²) in [5.74, 6) is -2.01. The van der Waals surface area contributed by atoms with Gasteiger partial charge in [0, 0.05) is 12.3 Å². The topological polar surface area (TPSA) is 92.4 Å².